The number of halogens is 2. The van der Waals surface area contributed by atoms with Crippen molar-refractivity contribution in [1.29, 1.82) is 0 Å². The molecular formula is C11H15ClFN. The molecule has 0 aliphatic carbocycles. The summed E-state index contributed by atoms with van der Waals surface area (Å²) in [7, 11) is 0. The summed E-state index contributed by atoms with van der Waals surface area (Å²) in [5.74, 6) is -0.108. The third-order valence-corrected chi connectivity index (χ3v) is 3.04. The van der Waals surface area contributed by atoms with Crippen LogP contribution in [0.2, 0.25) is 5.02 Å². The molecule has 1 nitrogen and oxygen atoms in total. The highest BCUT2D eigenvalue weighted by Gasteiger charge is 2.27. The Balaban J connectivity index is 3.24. The average molecular weight is 216 g/mol. The second kappa shape index (κ2) is 3.87. The molecule has 0 aliphatic rings. The van der Waals surface area contributed by atoms with Crippen LogP contribution in [-0.4, -0.2) is 0 Å². The summed E-state index contributed by atoms with van der Waals surface area (Å²) in [6.45, 7) is 5.83. The zero-order valence-corrected chi connectivity index (χ0v) is 9.40. The van der Waals surface area contributed by atoms with Crippen LogP contribution < -0.4 is 5.73 Å². The van der Waals surface area contributed by atoms with Crippen LogP contribution in [0.4, 0.5) is 4.39 Å². The lowest BCUT2D eigenvalue weighted by molar-refractivity contribution is 0.349. The molecule has 0 bridgehead atoms. The van der Waals surface area contributed by atoms with E-state index in [2.05, 4.69) is 0 Å². The molecule has 2 N–H and O–H groups in total. The molecule has 0 aliphatic heterocycles. The first-order valence-corrected chi connectivity index (χ1v) is 4.98. The molecule has 0 fully saturated rings. The quantitative estimate of drug-likeness (QED) is 0.805. The smallest absolute Gasteiger partial charge is 0.123 e. The van der Waals surface area contributed by atoms with Crippen molar-refractivity contribution in [2.24, 2.45) is 11.7 Å². The molecule has 78 valence electrons. The normalized spacial score (nSPS) is 15.6. The van der Waals surface area contributed by atoms with Crippen molar-refractivity contribution in [2.45, 2.75) is 26.3 Å². The summed E-state index contributed by atoms with van der Waals surface area (Å²) in [6.07, 6.45) is 0. The van der Waals surface area contributed by atoms with Gasteiger partial charge >= 0.3 is 0 Å². The highest BCUT2D eigenvalue weighted by Crippen LogP contribution is 2.32. The van der Waals surface area contributed by atoms with E-state index in [1.807, 2.05) is 20.8 Å². The van der Waals surface area contributed by atoms with Gasteiger partial charge in [0.2, 0.25) is 0 Å². The minimum atomic E-state index is -0.598. The predicted molar refractivity (Wildman–Crippen MR) is 57.8 cm³/mol. The van der Waals surface area contributed by atoms with Crippen molar-refractivity contribution < 1.29 is 4.39 Å². The molecule has 0 heterocycles. The molecule has 0 amide bonds. The van der Waals surface area contributed by atoms with Crippen molar-refractivity contribution >= 4 is 11.6 Å². The topological polar surface area (TPSA) is 26.0 Å². The average Bonchev–Trinajstić information content (AvgIpc) is 2.08. The molecule has 0 spiro atoms. The summed E-state index contributed by atoms with van der Waals surface area (Å²) in [5, 5.41) is 0.519. The Hall–Kier alpha value is -0.600. The molecule has 1 aromatic carbocycles. The van der Waals surface area contributed by atoms with Crippen molar-refractivity contribution in [3.8, 4) is 0 Å². The van der Waals surface area contributed by atoms with Gasteiger partial charge in [-0.25, -0.2) is 4.39 Å². The van der Waals surface area contributed by atoms with Gasteiger partial charge in [-0.1, -0.05) is 25.4 Å². The molecule has 14 heavy (non-hydrogen) atoms. The van der Waals surface area contributed by atoms with E-state index < -0.39 is 5.54 Å². The molecule has 0 saturated carbocycles. The van der Waals surface area contributed by atoms with E-state index in [-0.39, 0.29) is 11.7 Å². The molecule has 0 saturated heterocycles. The first kappa shape index (κ1) is 11.5. The van der Waals surface area contributed by atoms with Crippen LogP contribution in [-0.2, 0) is 5.54 Å². The third kappa shape index (κ3) is 2.07. The van der Waals surface area contributed by atoms with Gasteiger partial charge in [0.25, 0.3) is 0 Å². The van der Waals surface area contributed by atoms with Crippen molar-refractivity contribution in [3.05, 3.63) is 34.6 Å². The van der Waals surface area contributed by atoms with E-state index in [1.165, 1.54) is 12.1 Å². The molecule has 1 atom stereocenters. The second-order valence-electron chi connectivity index (χ2n) is 4.06. The van der Waals surface area contributed by atoms with Crippen LogP contribution in [0.15, 0.2) is 18.2 Å². The van der Waals surface area contributed by atoms with Crippen LogP contribution in [0.1, 0.15) is 26.3 Å². The van der Waals surface area contributed by atoms with Crippen molar-refractivity contribution in [1.82, 2.24) is 0 Å². The Morgan fingerprint density at radius 3 is 2.50 bits per heavy atom. The van der Waals surface area contributed by atoms with Gasteiger partial charge < -0.3 is 5.73 Å². The molecule has 1 rings (SSSR count). The SMILES string of the molecule is CC(C)C(C)(N)c1cc(F)ccc1Cl. The molecule has 1 unspecified atom stereocenters. The Morgan fingerprint density at radius 1 is 1.43 bits per heavy atom. The highest BCUT2D eigenvalue weighted by atomic mass is 35.5. The number of nitrogens with two attached hydrogens (primary N) is 1. The Bertz CT molecular complexity index is 334. The van der Waals surface area contributed by atoms with Crippen molar-refractivity contribution in [3.63, 3.8) is 0 Å². The van der Waals surface area contributed by atoms with Gasteiger partial charge in [-0.05, 0) is 36.6 Å². The lowest BCUT2D eigenvalue weighted by Crippen LogP contribution is -2.38. The van der Waals surface area contributed by atoms with Gasteiger partial charge in [-0.3, -0.25) is 0 Å². The maximum absolute atomic E-state index is 13.0. The van der Waals surface area contributed by atoms with Crippen LogP contribution >= 0.6 is 11.6 Å². The van der Waals surface area contributed by atoms with Gasteiger partial charge in [0.1, 0.15) is 5.82 Å². The second-order valence-corrected chi connectivity index (χ2v) is 4.47. The summed E-state index contributed by atoms with van der Waals surface area (Å²) in [4.78, 5) is 0. The number of rotatable bonds is 2. The summed E-state index contributed by atoms with van der Waals surface area (Å²) in [6, 6.07) is 4.28. The fraction of sp³-hybridized carbons (Fsp3) is 0.455. The number of hydrogen-bond donors (Lipinski definition) is 1. The third-order valence-electron chi connectivity index (χ3n) is 2.71. The standard InChI is InChI=1S/C11H15ClFN/c1-7(2)11(3,14)9-6-8(13)4-5-10(9)12/h4-7H,14H2,1-3H3. The number of hydrogen-bond acceptors (Lipinski definition) is 1. The lowest BCUT2D eigenvalue weighted by Gasteiger charge is -2.30. The van der Waals surface area contributed by atoms with Crippen molar-refractivity contribution in [2.75, 3.05) is 0 Å². The summed E-state index contributed by atoms with van der Waals surface area (Å²) >= 11 is 5.98. The minimum Gasteiger partial charge on any atom is -0.321 e. The minimum absolute atomic E-state index is 0.196. The van der Waals surface area contributed by atoms with Crippen LogP contribution in [0.25, 0.3) is 0 Å². The Kier molecular flexibility index (Phi) is 3.17. The van der Waals surface area contributed by atoms with E-state index in [1.54, 1.807) is 6.07 Å². The summed E-state index contributed by atoms with van der Waals surface area (Å²) in [5.41, 5.74) is 6.16. The first-order valence-electron chi connectivity index (χ1n) is 4.60. The highest BCUT2D eigenvalue weighted by molar-refractivity contribution is 6.31. The fourth-order valence-electron chi connectivity index (χ4n) is 1.22. The fourth-order valence-corrected chi connectivity index (χ4v) is 1.54. The van der Waals surface area contributed by atoms with Gasteiger partial charge in [0, 0.05) is 10.6 Å². The maximum atomic E-state index is 13.0. The predicted octanol–water partition coefficient (Wildman–Crippen LogP) is 3.31. The molecule has 3 heteroatoms. The zero-order chi connectivity index (χ0) is 10.9. The largest absolute Gasteiger partial charge is 0.321 e. The zero-order valence-electron chi connectivity index (χ0n) is 8.64. The van der Waals surface area contributed by atoms with E-state index in [4.69, 9.17) is 17.3 Å². The molecule has 1 aromatic rings. The Morgan fingerprint density at radius 2 is 2.00 bits per heavy atom. The van der Waals surface area contributed by atoms with Gasteiger partial charge in [-0.15, -0.1) is 0 Å². The van der Waals surface area contributed by atoms with E-state index in [0.717, 1.165) is 0 Å². The Labute approximate surface area is 89.1 Å². The molecule has 0 radical (unpaired) electrons. The van der Waals surface area contributed by atoms with E-state index >= 15 is 0 Å². The van der Waals surface area contributed by atoms with E-state index in [9.17, 15) is 4.39 Å². The summed E-state index contributed by atoms with van der Waals surface area (Å²) < 4.78 is 13.0. The van der Waals surface area contributed by atoms with Crippen LogP contribution in [0.3, 0.4) is 0 Å². The first-order chi connectivity index (χ1) is 6.35. The van der Waals surface area contributed by atoms with Gasteiger partial charge in [0.05, 0.1) is 0 Å². The van der Waals surface area contributed by atoms with Crippen LogP contribution in [0, 0.1) is 11.7 Å². The molecular weight excluding hydrogens is 201 g/mol. The number of benzene rings is 1. The van der Waals surface area contributed by atoms with Gasteiger partial charge in [0.15, 0.2) is 0 Å². The monoisotopic (exact) mass is 215 g/mol. The lowest BCUT2D eigenvalue weighted by atomic mass is 9.82. The van der Waals surface area contributed by atoms with Crippen LogP contribution in [0.5, 0.6) is 0 Å². The maximum Gasteiger partial charge on any atom is 0.123 e. The van der Waals surface area contributed by atoms with Gasteiger partial charge in [-0.2, -0.15) is 0 Å². The molecule has 0 aromatic heterocycles. The van der Waals surface area contributed by atoms with E-state index in [0.29, 0.717) is 10.6 Å².